The number of carbonyl (C=O) groups excluding carboxylic acids is 1. The molecule has 6 heteroatoms. The van der Waals surface area contributed by atoms with Gasteiger partial charge in [-0.05, 0) is 36.8 Å². The van der Waals surface area contributed by atoms with E-state index < -0.39 is 0 Å². The standard InChI is InChI=1S/C22H31NO5/c1-2-18-11-12-19(15-24)23(20(18)9-6-10-21-26-13-14-27-21)22(25)28-16-17-7-4-3-5-8-17/h3-8,10,18-21,24H,2,9,11-16H2,1H3/b10-6+/t18-,19-,20-/m1/s1. The Balaban J connectivity index is 1.68. The van der Waals surface area contributed by atoms with Crippen LogP contribution < -0.4 is 0 Å². The summed E-state index contributed by atoms with van der Waals surface area (Å²) < 4.78 is 16.5. The summed E-state index contributed by atoms with van der Waals surface area (Å²) in [7, 11) is 0. The summed E-state index contributed by atoms with van der Waals surface area (Å²) in [5.41, 5.74) is 0.951. The number of likely N-dealkylation sites (tertiary alicyclic amines) is 1. The van der Waals surface area contributed by atoms with Crippen LogP contribution in [0.25, 0.3) is 0 Å². The summed E-state index contributed by atoms with van der Waals surface area (Å²) in [6.07, 6.45) is 6.76. The largest absolute Gasteiger partial charge is 0.445 e. The maximum absolute atomic E-state index is 13.0. The van der Waals surface area contributed by atoms with Crippen molar-refractivity contribution in [3.8, 4) is 0 Å². The first-order valence-corrected chi connectivity index (χ1v) is 10.2. The van der Waals surface area contributed by atoms with Crippen molar-refractivity contribution in [1.82, 2.24) is 4.90 Å². The number of nitrogens with zero attached hydrogens (tertiary/aromatic N) is 1. The molecule has 2 aliphatic heterocycles. The molecule has 0 spiro atoms. The van der Waals surface area contributed by atoms with E-state index >= 15 is 0 Å². The molecule has 3 rings (SSSR count). The van der Waals surface area contributed by atoms with E-state index in [0.717, 1.165) is 24.8 Å². The van der Waals surface area contributed by atoms with Gasteiger partial charge in [-0.25, -0.2) is 4.79 Å². The summed E-state index contributed by atoms with van der Waals surface area (Å²) in [6, 6.07) is 9.44. The van der Waals surface area contributed by atoms with E-state index in [1.54, 1.807) is 4.90 Å². The zero-order chi connectivity index (χ0) is 19.8. The molecule has 1 N–H and O–H groups in total. The molecule has 28 heavy (non-hydrogen) atoms. The highest BCUT2D eigenvalue weighted by Crippen LogP contribution is 2.33. The van der Waals surface area contributed by atoms with Gasteiger partial charge in [0.1, 0.15) is 6.61 Å². The summed E-state index contributed by atoms with van der Waals surface area (Å²) >= 11 is 0. The first-order chi connectivity index (χ1) is 13.7. The van der Waals surface area contributed by atoms with Gasteiger partial charge in [0.25, 0.3) is 0 Å². The topological polar surface area (TPSA) is 68.2 Å². The first-order valence-electron chi connectivity index (χ1n) is 10.2. The molecule has 2 fully saturated rings. The number of benzene rings is 1. The smallest absolute Gasteiger partial charge is 0.410 e. The third-order valence-corrected chi connectivity index (χ3v) is 5.63. The van der Waals surface area contributed by atoms with Gasteiger partial charge in [-0.2, -0.15) is 0 Å². The number of aliphatic hydroxyl groups excluding tert-OH is 1. The number of rotatable bonds is 7. The van der Waals surface area contributed by atoms with Gasteiger partial charge < -0.3 is 19.3 Å². The fourth-order valence-electron chi connectivity index (χ4n) is 4.09. The van der Waals surface area contributed by atoms with Crippen LogP contribution in [0.1, 0.15) is 38.2 Å². The summed E-state index contributed by atoms with van der Waals surface area (Å²) in [4.78, 5) is 14.7. The van der Waals surface area contributed by atoms with Gasteiger partial charge in [-0.1, -0.05) is 49.8 Å². The Labute approximate surface area is 167 Å². The van der Waals surface area contributed by atoms with Crippen LogP contribution in [0.2, 0.25) is 0 Å². The van der Waals surface area contributed by atoms with E-state index in [-0.39, 0.29) is 37.7 Å². The maximum atomic E-state index is 13.0. The molecule has 0 bridgehead atoms. The Morgan fingerprint density at radius 3 is 2.68 bits per heavy atom. The normalized spacial score (nSPS) is 26.1. The van der Waals surface area contributed by atoms with Gasteiger partial charge in [-0.15, -0.1) is 0 Å². The average molecular weight is 389 g/mol. The first kappa shape index (κ1) is 20.8. The van der Waals surface area contributed by atoms with Crippen molar-refractivity contribution in [3.63, 3.8) is 0 Å². The lowest BCUT2D eigenvalue weighted by atomic mass is 9.82. The van der Waals surface area contributed by atoms with E-state index in [0.29, 0.717) is 25.6 Å². The highest BCUT2D eigenvalue weighted by molar-refractivity contribution is 5.69. The lowest BCUT2D eigenvalue weighted by molar-refractivity contribution is -0.00425. The molecule has 2 heterocycles. The number of hydrogen-bond donors (Lipinski definition) is 1. The molecule has 0 unspecified atom stereocenters. The van der Waals surface area contributed by atoms with Crippen molar-refractivity contribution < 1.29 is 24.1 Å². The molecule has 1 aromatic rings. The lowest BCUT2D eigenvalue weighted by Gasteiger charge is -2.45. The zero-order valence-corrected chi connectivity index (χ0v) is 16.5. The van der Waals surface area contributed by atoms with Crippen LogP contribution in [0.15, 0.2) is 42.5 Å². The molecule has 2 aliphatic rings. The molecular weight excluding hydrogens is 358 g/mol. The van der Waals surface area contributed by atoms with Gasteiger partial charge in [0.15, 0.2) is 6.29 Å². The van der Waals surface area contributed by atoms with Crippen LogP contribution in [-0.2, 0) is 20.8 Å². The second-order valence-corrected chi connectivity index (χ2v) is 7.37. The number of ether oxygens (including phenoxy) is 3. The van der Waals surface area contributed by atoms with Gasteiger partial charge in [0, 0.05) is 6.04 Å². The van der Waals surface area contributed by atoms with Crippen molar-refractivity contribution in [2.75, 3.05) is 19.8 Å². The molecule has 0 saturated carbocycles. The molecule has 1 amide bonds. The summed E-state index contributed by atoms with van der Waals surface area (Å²) in [5, 5.41) is 9.86. The average Bonchev–Trinajstić information content (AvgIpc) is 3.25. The van der Waals surface area contributed by atoms with Crippen LogP contribution in [0.4, 0.5) is 4.79 Å². The number of piperidine rings is 1. The number of hydrogen-bond acceptors (Lipinski definition) is 5. The Morgan fingerprint density at radius 2 is 2.00 bits per heavy atom. The predicted molar refractivity (Wildman–Crippen MR) is 106 cm³/mol. The summed E-state index contributed by atoms with van der Waals surface area (Å²) in [6.45, 7) is 3.56. The molecule has 3 atom stereocenters. The molecule has 0 radical (unpaired) electrons. The van der Waals surface area contributed by atoms with Crippen molar-refractivity contribution in [2.24, 2.45) is 5.92 Å². The maximum Gasteiger partial charge on any atom is 0.410 e. The second kappa shape index (κ2) is 10.6. The molecule has 6 nitrogen and oxygen atoms in total. The van der Waals surface area contributed by atoms with Gasteiger partial charge in [-0.3, -0.25) is 4.90 Å². The van der Waals surface area contributed by atoms with Crippen LogP contribution in [0.3, 0.4) is 0 Å². The molecule has 2 saturated heterocycles. The van der Waals surface area contributed by atoms with Crippen molar-refractivity contribution in [2.45, 2.75) is 57.6 Å². The zero-order valence-electron chi connectivity index (χ0n) is 16.5. The second-order valence-electron chi connectivity index (χ2n) is 7.37. The minimum atomic E-state index is -0.354. The third kappa shape index (κ3) is 5.34. The van der Waals surface area contributed by atoms with Crippen LogP contribution in [0.5, 0.6) is 0 Å². The van der Waals surface area contributed by atoms with E-state index in [9.17, 15) is 9.90 Å². The van der Waals surface area contributed by atoms with Gasteiger partial charge in [0.2, 0.25) is 0 Å². The molecule has 154 valence electrons. The third-order valence-electron chi connectivity index (χ3n) is 5.63. The van der Waals surface area contributed by atoms with Crippen LogP contribution in [-0.4, -0.2) is 54.3 Å². The Hall–Kier alpha value is -1.89. The number of aliphatic hydroxyl groups is 1. The van der Waals surface area contributed by atoms with E-state index in [2.05, 4.69) is 6.92 Å². The van der Waals surface area contributed by atoms with E-state index in [1.807, 2.05) is 42.5 Å². The van der Waals surface area contributed by atoms with E-state index in [4.69, 9.17) is 14.2 Å². The highest BCUT2D eigenvalue weighted by Gasteiger charge is 2.39. The lowest BCUT2D eigenvalue weighted by Crippen LogP contribution is -2.55. The molecule has 1 aromatic carbocycles. The highest BCUT2D eigenvalue weighted by atomic mass is 16.7. The Bertz CT molecular complexity index is 629. The fraction of sp³-hybridized carbons (Fsp3) is 0.591. The minimum absolute atomic E-state index is 0.00294. The number of carbonyl (C=O) groups is 1. The minimum Gasteiger partial charge on any atom is -0.445 e. The quantitative estimate of drug-likeness (QED) is 0.723. The van der Waals surface area contributed by atoms with Crippen LogP contribution >= 0.6 is 0 Å². The van der Waals surface area contributed by atoms with E-state index in [1.165, 1.54) is 0 Å². The monoisotopic (exact) mass is 389 g/mol. The summed E-state index contributed by atoms with van der Waals surface area (Å²) in [5.74, 6) is 0.377. The van der Waals surface area contributed by atoms with Crippen LogP contribution in [0, 0.1) is 5.92 Å². The van der Waals surface area contributed by atoms with Crippen molar-refractivity contribution >= 4 is 6.09 Å². The Kier molecular flexibility index (Phi) is 7.89. The van der Waals surface area contributed by atoms with Gasteiger partial charge in [0.05, 0.1) is 25.9 Å². The number of amides is 1. The molecule has 0 aromatic heterocycles. The van der Waals surface area contributed by atoms with Crippen molar-refractivity contribution in [1.29, 1.82) is 0 Å². The SMILES string of the molecule is CC[C@@H]1CC[C@H](CO)N(C(=O)OCc2ccccc2)[C@@H]1C/C=C/C1OCCO1. The molecule has 0 aliphatic carbocycles. The fourth-order valence-corrected chi connectivity index (χ4v) is 4.09. The van der Waals surface area contributed by atoms with Gasteiger partial charge >= 0.3 is 6.09 Å². The Morgan fingerprint density at radius 1 is 1.25 bits per heavy atom. The van der Waals surface area contributed by atoms with Crippen molar-refractivity contribution in [3.05, 3.63) is 48.0 Å². The predicted octanol–water partition coefficient (Wildman–Crippen LogP) is 3.49. The molecular formula is C22H31NO5.